The van der Waals surface area contributed by atoms with E-state index >= 15 is 0 Å². The van der Waals surface area contributed by atoms with Crippen LogP contribution in [-0.4, -0.2) is 58.6 Å². The summed E-state index contributed by atoms with van der Waals surface area (Å²) in [5.41, 5.74) is 2.95. The number of hydrogen-bond acceptors (Lipinski definition) is 6. The van der Waals surface area contributed by atoms with Crippen molar-refractivity contribution >= 4 is 41.1 Å². The van der Waals surface area contributed by atoms with Gasteiger partial charge in [0.2, 0.25) is 23.6 Å². The van der Waals surface area contributed by atoms with Crippen LogP contribution in [0.25, 0.3) is 0 Å². The molecule has 4 aromatic carbocycles. The van der Waals surface area contributed by atoms with Crippen LogP contribution in [0.5, 0.6) is 0 Å². The van der Waals surface area contributed by atoms with Crippen molar-refractivity contribution in [3.8, 4) is 0 Å². The summed E-state index contributed by atoms with van der Waals surface area (Å²) in [5, 5.41) is 21.1. The van der Waals surface area contributed by atoms with Gasteiger partial charge in [-0.1, -0.05) is 78.9 Å². The number of aliphatic carboxylic acids is 1. The number of fused-ring (bicyclic) bond motifs is 19. The van der Waals surface area contributed by atoms with E-state index in [1.54, 1.807) is 54.6 Å². The van der Waals surface area contributed by atoms with Crippen LogP contribution in [0.15, 0.2) is 103 Å². The van der Waals surface area contributed by atoms with E-state index in [1.807, 2.05) is 24.3 Å². The van der Waals surface area contributed by atoms with Gasteiger partial charge >= 0.3 is 12.1 Å². The first-order valence-electron chi connectivity index (χ1n) is 19.0. The smallest absolute Gasteiger partial charge is 0.416 e. The van der Waals surface area contributed by atoms with Crippen molar-refractivity contribution in [1.82, 2.24) is 16.0 Å². The third-order valence-electron chi connectivity index (χ3n) is 10.6. The van der Waals surface area contributed by atoms with E-state index in [-0.39, 0.29) is 37.7 Å². The minimum atomic E-state index is -4.62. The molecule has 3 aliphatic rings. The van der Waals surface area contributed by atoms with Gasteiger partial charge in [0.15, 0.2) is 5.78 Å². The summed E-state index contributed by atoms with van der Waals surface area (Å²) in [5.74, 6) is -6.12. The summed E-state index contributed by atoms with van der Waals surface area (Å²) in [6.07, 6.45) is -5.09. The lowest BCUT2D eigenvalue weighted by Crippen LogP contribution is -2.58. The van der Waals surface area contributed by atoms with Crippen LogP contribution >= 0.6 is 0 Å². The van der Waals surface area contributed by atoms with Crippen molar-refractivity contribution < 1.29 is 47.0 Å². The van der Waals surface area contributed by atoms with Gasteiger partial charge in [0.05, 0.1) is 17.5 Å². The van der Waals surface area contributed by atoms with Crippen molar-refractivity contribution in [2.75, 3.05) is 5.32 Å². The van der Waals surface area contributed by atoms with Crippen LogP contribution in [-0.2, 0) is 67.0 Å². The number of carboxylic acid groups (broad SMARTS) is 1. The second kappa shape index (κ2) is 18.3. The Morgan fingerprint density at radius 2 is 1.19 bits per heavy atom. The monoisotopic (exact) mass is 796 g/mol. The first-order chi connectivity index (χ1) is 27.7. The summed E-state index contributed by atoms with van der Waals surface area (Å²) in [6.45, 7) is 0. The number of benzene rings is 4. The molecule has 0 spiro atoms. The van der Waals surface area contributed by atoms with Gasteiger partial charge in [-0.05, 0) is 83.7 Å². The molecule has 0 saturated carbocycles. The van der Waals surface area contributed by atoms with Gasteiger partial charge in [0.1, 0.15) is 12.1 Å². The fourth-order valence-electron chi connectivity index (χ4n) is 7.47. The van der Waals surface area contributed by atoms with Crippen LogP contribution in [0.3, 0.4) is 0 Å². The molecule has 302 valence electrons. The largest absolute Gasteiger partial charge is 0.481 e. The number of amides is 4. The van der Waals surface area contributed by atoms with Crippen molar-refractivity contribution in [3.63, 3.8) is 0 Å². The maximum atomic E-state index is 14.4. The van der Waals surface area contributed by atoms with E-state index in [0.717, 1.165) is 23.3 Å². The first-order valence-corrected chi connectivity index (χ1v) is 19.0. The van der Waals surface area contributed by atoms with Crippen molar-refractivity contribution in [1.29, 1.82) is 0 Å². The normalized spacial score (nSPS) is 21.5. The second-order valence-corrected chi connectivity index (χ2v) is 14.8. The predicted octanol–water partition coefficient (Wildman–Crippen LogP) is 5.00. The number of carbonyl (C=O) groups is 6. The number of rotatable bonds is 6. The first kappa shape index (κ1) is 41.3. The molecular formula is C44H43F3N4O7. The number of anilines is 1. The van der Waals surface area contributed by atoms with Crippen LogP contribution in [0.4, 0.5) is 18.9 Å². The average molecular weight is 797 g/mol. The van der Waals surface area contributed by atoms with Gasteiger partial charge in [0, 0.05) is 31.4 Å². The molecule has 1 aliphatic carbocycles. The van der Waals surface area contributed by atoms with Crippen LogP contribution in [0.2, 0.25) is 0 Å². The Morgan fingerprint density at radius 3 is 1.81 bits per heavy atom. The zero-order valence-corrected chi connectivity index (χ0v) is 31.4. The molecule has 0 unspecified atom stereocenters. The van der Waals surface area contributed by atoms with Gasteiger partial charge in [-0.15, -0.1) is 0 Å². The topological polar surface area (TPSA) is 171 Å². The minimum Gasteiger partial charge on any atom is -0.481 e. The Hall–Kier alpha value is -6.31. The molecule has 4 atom stereocenters. The quantitative estimate of drug-likeness (QED) is 0.171. The summed E-state index contributed by atoms with van der Waals surface area (Å²) < 4.78 is 40.3. The Labute approximate surface area is 332 Å². The van der Waals surface area contributed by atoms with Crippen molar-refractivity contribution in [2.24, 2.45) is 11.8 Å². The summed E-state index contributed by atoms with van der Waals surface area (Å²) in [4.78, 5) is 81.5. The molecule has 2 aliphatic heterocycles. The third kappa shape index (κ3) is 11.0. The van der Waals surface area contributed by atoms with Crippen LogP contribution < -0.4 is 21.3 Å². The highest BCUT2D eigenvalue weighted by Crippen LogP contribution is 2.31. The van der Waals surface area contributed by atoms with Gasteiger partial charge in [-0.3, -0.25) is 28.8 Å². The third-order valence-corrected chi connectivity index (χ3v) is 10.6. The lowest BCUT2D eigenvalue weighted by molar-refractivity contribution is -0.144. The number of carbonyl (C=O) groups excluding carboxylic acids is 5. The highest BCUT2D eigenvalue weighted by molar-refractivity contribution is 5.97. The Kier molecular flexibility index (Phi) is 13.0. The molecule has 2 bridgehead atoms. The second-order valence-electron chi connectivity index (χ2n) is 14.8. The molecule has 0 aromatic heterocycles. The zero-order valence-electron chi connectivity index (χ0n) is 31.4. The molecule has 11 nitrogen and oxygen atoms in total. The van der Waals surface area contributed by atoms with Crippen molar-refractivity contribution in [3.05, 3.63) is 137 Å². The lowest BCUT2D eigenvalue weighted by Gasteiger charge is -2.28. The van der Waals surface area contributed by atoms with Crippen LogP contribution in [0.1, 0.15) is 52.6 Å². The molecule has 0 saturated heterocycles. The summed E-state index contributed by atoms with van der Waals surface area (Å²) in [6, 6.07) is 22.9. The van der Waals surface area contributed by atoms with E-state index in [9.17, 15) is 47.0 Å². The Bertz CT molecular complexity index is 2120. The number of ketones is 1. The van der Waals surface area contributed by atoms with Crippen LogP contribution in [0, 0.1) is 11.8 Å². The average Bonchev–Trinajstić information content (AvgIpc) is 3.63. The number of halogens is 3. The number of alkyl halides is 3. The zero-order chi connectivity index (χ0) is 41.4. The number of Topliss-reactive ketones (excluding diaryl/α,β-unsaturated/α-hetero) is 1. The minimum absolute atomic E-state index is 0.0217. The molecule has 2 heterocycles. The van der Waals surface area contributed by atoms with Crippen molar-refractivity contribution in [2.45, 2.75) is 75.7 Å². The highest BCUT2D eigenvalue weighted by atomic mass is 19.4. The Morgan fingerprint density at radius 1 is 0.621 bits per heavy atom. The summed E-state index contributed by atoms with van der Waals surface area (Å²) in [7, 11) is 0. The Balaban J connectivity index is 1.36. The van der Waals surface area contributed by atoms with E-state index in [4.69, 9.17) is 0 Å². The van der Waals surface area contributed by atoms with E-state index < -0.39 is 83.5 Å². The number of nitrogens with one attached hydrogen (secondary N) is 4. The lowest BCUT2D eigenvalue weighted by atomic mass is 9.90. The molecule has 0 fully saturated rings. The molecule has 5 N–H and O–H groups in total. The van der Waals surface area contributed by atoms with E-state index in [0.29, 0.717) is 29.7 Å². The van der Waals surface area contributed by atoms with Gasteiger partial charge in [0.25, 0.3) is 0 Å². The van der Waals surface area contributed by atoms with Gasteiger partial charge in [-0.25, -0.2) is 0 Å². The molecule has 7 rings (SSSR count). The fourth-order valence-corrected chi connectivity index (χ4v) is 7.47. The van der Waals surface area contributed by atoms with Gasteiger partial charge in [-0.2, -0.15) is 13.2 Å². The highest BCUT2D eigenvalue weighted by Gasteiger charge is 2.38. The molecule has 58 heavy (non-hydrogen) atoms. The maximum absolute atomic E-state index is 14.4. The van der Waals surface area contributed by atoms with E-state index in [2.05, 4.69) is 21.3 Å². The number of hydrogen-bond donors (Lipinski definition) is 5. The molecule has 14 heteroatoms. The van der Waals surface area contributed by atoms with E-state index in [1.165, 1.54) is 12.1 Å². The number of carboxylic acids is 1. The fraction of sp³-hybridized carbons (Fsp3) is 0.318. The van der Waals surface area contributed by atoms with Gasteiger partial charge < -0.3 is 26.4 Å². The maximum Gasteiger partial charge on any atom is 0.416 e. The standard InChI is InChI=1S/C44H43F3N4O7/c45-44(46,47)33-14-10-28(11-15-33)22-36-41(55)49-35(21-26-6-2-1-3-7-26)37(52)25-32(43(57)58)20-27-12-16-34(17-13-27)48-38(53)18-19-39(54)51-40(42(56)50-36)31-23-29-8-4-5-9-30(29)24-31/h1-17,31-32,35-36,40H,18-25H2,(H,48,53)(H,49,55)(H,50,56)(H,51,54)(H,57,58)/t32-,35-,36+,40-/m1/s1. The molecule has 0 radical (unpaired) electrons. The predicted molar refractivity (Wildman–Crippen MR) is 207 cm³/mol. The SMILES string of the molecule is O=C1CCC(=O)N[C@H](C2Cc3ccccc3C2)C(=O)N[C@@H](Cc2ccc(C(F)(F)F)cc2)C(=O)N[C@H](Cc2ccccc2)C(=O)C[C@H](C(=O)O)Cc2ccc(cc2)N1. The summed E-state index contributed by atoms with van der Waals surface area (Å²) >= 11 is 0. The molecule has 4 aromatic rings. The molecular weight excluding hydrogens is 753 g/mol. The molecule has 4 amide bonds.